The van der Waals surface area contributed by atoms with Gasteiger partial charge in [-0.3, -0.25) is 4.79 Å². The molecule has 0 fully saturated rings. The Bertz CT molecular complexity index is 706. The van der Waals surface area contributed by atoms with Gasteiger partial charge in [0.25, 0.3) is 5.54 Å². The zero-order chi connectivity index (χ0) is 23.1. The third-order valence-electron chi connectivity index (χ3n) is 4.89. The number of hydrogen-bond acceptors (Lipinski definition) is 5. The van der Waals surface area contributed by atoms with Gasteiger partial charge in [0.15, 0.2) is 0 Å². The summed E-state index contributed by atoms with van der Waals surface area (Å²) >= 11 is 0. The summed E-state index contributed by atoms with van der Waals surface area (Å²) in [4.78, 5) is 37.0. The van der Waals surface area contributed by atoms with Gasteiger partial charge in [-0.05, 0) is 43.9 Å². The third kappa shape index (κ3) is 8.95. The van der Waals surface area contributed by atoms with Crippen LogP contribution in [0.5, 0.6) is 0 Å². The molecule has 1 rings (SSSR count). The van der Waals surface area contributed by atoms with Crippen LogP contribution in [-0.2, 0) is 30.3 Å². The standard InChI is InChI=1S/C25H37NO5/c1-5-8-9-10-11-12-13-21-14-16-22(17-15-21)18-19-25(26-20(4)27,23(28)30-6-2)24(29)31-7-3/h14-19H,5-13H2,1-4H3,(H,26,27)/b19-18+. The molecule has 1 amide bonds. The summed E-state index contributed by atoms with van der Waals surface area (Å²) in [5.74, 6) is -2.29. The number of esters is 2. The first-order chi connectivity index (χ1) is 14.9. The maximum absolute atomic E-state index is 12.6. The van der Waals surface area contributed by atoms with E-state index in [9.17, 15) is 14.4 Å². The van der Waals surface area contributed by atoms with Gasteiger partial charge in [0, 0.05) is 6.92 Å². The minimum absolute atomic E-state index is 0.0700. The summed E-state index contributed by atoms with van der Waals surface area (Å²) in [7, 11) is 0. The first-order valence-electron chi connectivity index (χ1n) is 11.3. The fraction of sp³-hybridized carbons (Fsp3) is 0.560. The minimum Gasteiger partial charge on any atom is -0.464 e. The molecule has 0 unspecified atom stereocenters. The maximum Gasteiger partial charge on any atom is 0.347 e. The normalized spacial score (nSPS) is 11.4. The second kappa shape index (κ2) is 14.4. The van der Waals surface area contributed by atoms with Crippen molar-refractivity contribution in [2.24, 2.45) is 0 Å². The highest BCUT2D eigenvalue weighted by atomic mass is 16.6. The summed E-state index contributed by atoms with van der Waals surface area (Å²) in [6.45, 7) is 6.86. The van der Waals surface area contributed by atoms with E-state index in [1.54, 1.807) is 19.9 Å². The molecule has 0 bridgehead atoms. The highest BCUT2D eigenvalue weighted by Crippen LogP contribution is 2.17. The van der Waals surface area contributed by atoms with Crippen LogP contribution in [0.25, 0.3) is 6.08 Å². The molecule has 0 spiro atoms. The van der Waals surface area contributed by atoms with E-state index in [2.05, 4.69) is 12.2 Å². The third-order valence-corrected chi connectivity index (χ3v) is 4.89. The molecule has 1 N–H and O–H groups in total. The molecular formula is C25H37NO5. The number of hydrogen-bond donors (Lipinski definition) is 1. The molecule has 0 aliphatic rings. The second-order valence-corrected chi connectivity index (χ2v) is 7.52. The van der Waals surface area contributed by atoms with Crippen LogP contribution in [0.15, 0.2) is 30.3 Å². The number of ether oxygens (including phenoxy) is 2. The molecule has 0 saturated carbocycles. The van der Waals surface area contributed by atoms with Crippen LogP contribution >= 0.6 is 0 Å². The monoisotopic (exact) mass is 431 g/mol. The van der Waals surface area contributed by atoms with Gasteiger partial charge in [0.1, 0.15) is 0 Å². The molecule has 0 saturated heterocycles. The van der Waals surface area contributed by atoms with Crippen LogP contribution in [0.3, 0.4) is 0 Å². The molecule has 0 heterocycles. The summed E-state index contributed by atoms with van der Waals surface area (Å²) in [5.41, 5.74) is 0.0289. The van der Waals surface area contributed by atoms with Crippen molar-refractivity contribution in [2.45, 2.75) is 78.2 Å². The first-order valence-corrected chi connectivity index (χ1v) is 11.3. The van der Waals surface area contributed by atoms with Gasteiger partial charge < -0.3 is 14.8 Å². The number of carbonyl (C=O) groups is 3. The molecule has 6 nitrogen and oxygen atoms in total. The minimum atomic E-state index is -2.02. The SMILES string of the molecule is CCCCCCCCc1ccc(/C=C/C(NC(C)=O)(C(=O)OCC)C(=O)OCC)cc1. The number of benzene rings is 1. The van der Waals surface area contributed by atoms with Crippen molar-refractivity contribution in [3.63, 3.8) is 0 Å². The van der Waals surface area contributed by atoms with Gasteiger partial charge in [-0.2, -0.15) is 0 Å². The molecule has 1 aromatic rings. The number of aryl methyl sites for hydroxylation is 1. The Morgan fingerprint density at radius 1 is 0.871 bits per heavy atom. The number of amides is 1. The highest BCUT2D eigenvalue weighted by molar-refractivity contribution is 6.10. The molecule has 0 atom stereocenters. The average molecular weight is 432 g/mol. The van der Waals surface area contributed by atoms with Gasteiger partial charge in [-0.15, -0.1) is 0 Å². The van der Waals surface area contributed by atoms with Gasteiger partial charge in [-0.1, -0.05) is 69.4 Å². The van der Waals surface area contributed by atoms with Crippen molar-refractivity contribution in [3.8, 4) is 0 Å². The highest BCUT2D eigenvalue weighted by Gasteiger charge is 2.48. The predicted molar refractivity (Wildman–Crippen MR) is 122 cm³/mol. The van der Waals surface area contributed by atoms with Crippen LogP contribution in [0.4, 0.5) is 0 Å². The van der Waals surface area contributed by atoms with Crippen molar-refractivity contribution in [3.05, 3.63) is 41.5 Å². The largest absolute Gasteiger partial charge is 0.464 e. The summed E-state index contributed by atoms with van der Waals surface area (Å²) in [6.07, 6.45) is 11.5. The summed E-state index contributed by atoms with van der Waals surface area (Å²) in [5, 5.41) is 2.42. The molecule has 0 aliphatic carbocycles. The van der Waals surface area contributed by atoms with E-state index in [1.807, 2.05) is 24.3 Å². The fourth-order valence-corrected chi connectivity index (χ4v) is 3.26. The molecule has 0 aliphatic heterocycles. The fourth-order valence-electron chi connectivity index (χ4n) is 3.26. The topological polar surface area (TPSA) is 81.7 Å². The lowest BCUT2D eigenvalue weighted by Gasteiger charge is -2.26. The van der Waals surface area contributed by atoms with E-state index in [4.69, 9.17) is 9.47 Å². The smallest absolute Gasteiger partial charge is 0.347 e. The van der Waals surface area contributed by atoms with E-state index in [1.165, 1.54) is 50.7 Å². The van der Waals surface area contributed by atoms with Crippen molar-refractivity contribution >= 4 is 23.9 Å². The van der Waals surface area contributed by atoms with Crippen LogP contribution in [-0.4, -0.2) is 36.6 Å². The first kappa shape index (κ1) is 26.4. The van der Waals surface area contributed by atoms with E-state index in [0.717, 1.165) is 18.4 Å². The van der Waals surface area contributed by atoms with Crippen LogP contribution in [0.2, 0.25) is 0 Å². The zero-order valence-electron chi connectivity index (χ0n) is 19.4. The lowest BCUT2D eigenvalue weighted by atomic mass is 9.97. The second-order valence-electron chi connectivity index (χ2n) is 7.52. The Balaban J connectivity index is 2.93. The Labute approximate surface area is 186 Å². The lowest BCUT2D eigenvalue weighted by Crippen LogP contribution is -2.59. The van der Waals surface area contributed by atoms with E-state index >= 15 is 0 Å². The molecule has 0 aromatic heterocycles. The average Bonchev–Trinajstić information content (AvgIpc) is 2.74. The van der Waals surface area contributed by atoms with Gasteiger partial charge >= 0.3 is 11.9 Å². The lowest BCUT2D eigenvalue weighted by molar-refractivity contribution is -0.164. The maximum atomic E-state index is 12.6. The Hall–Kier alpha value is -2.63. The van der Waals surface area contributed by atoms with Crippen molar-refractivity contribution in [1.82, 2.24) is 5.32 Å². The van der Waals surface area contributed by atoms with E-state index < -0.39 is 23.4 Å². The predicted octanol–water partition coefficient (Wildman–Crippen LogP) is 4.60. The zero-order valence-corrected chi connectivity index (χ0v) is 19.4. The molecule has 6 heteroatoms. The van der Waals surface area contributed by atoms with Crippen molar-refractivity contribution in [2.75, 3.05) is 13.2 Å². The van der Waals surface area contributed by atoms with E-state index in [0.29, 0.717) is 0 Å². The summed E-state index contributed by atoms with van der Waals surface area (Å²) < 4.78 is 10.1. The Morgan fingerprint density at radius 2 is 1.42 bits per heavy atom. The van der Waals surface area contributed by atoms with Crippen LogP contribution in [0, 0.1) is 0 Å². The molecular weight excluding hydrogens is 394 g/mol. The van der Waals surface area contributed by atoms with E-state index in [-0.39, 0.29) is 13.2 Å². The van der Waals surface area contributed by atoms with Crippen molar-refractivity contribution < 1.29 is 23.9 Å². The molecule has 31 heavy (non-hydrogen) atoms. The van der Waals surface area contributed by atoms with Crippen LogP contribution in [0.1, 0.15) is 77.3 Å². The van der Waals surface area contributed by atoms with Gasteiger partial charge in [0.2, 0.25) is 5.91 Å². The van der Waals surface area contributed by atoms with Crippen LogP contribution < -0.4 is 5.32 Å². The van der Waals surface area contributed by atoms with Gasteiger partial charge in [0.05, 0.1) is 13.2 Å². The molecule has 172 valence electrons. The molecule has 1 aromatic carbocycles. The number of carbonyl (C=O) groups excluding carboxylic acids is 3. The Morgan fingerprint density at radius 3 is 1.94 bits per heavy atom. The summed E-state index contributed by atoms with van der Waals surface area (Å²) in [6, 6.07) is 7.94. The number of rotatable bonds is 14. The van der Waals surface area contributed by atoms with Gasteiger partial charge in [-0.25, -0.2) is 9.59 Å². The quantitative estimate of drug-likeness (QED) is 0.264. The Kier molecular flexibility index (Phi) is 12.3. The van der Waals surface area contributed by atoms with Crippen molar-refractivity contribution in [1.29, 1.82) is 0 Å². The number of nitrogens with one attached hydrogen (secondary N) is 1. The molecule has 0 radical (unpaired) electrons. The number of unbranched alkanes of at least 4 members (excludes halogenated alkanes) is 5.